The first-order chi connectivity index (χ1) is 11.0. The van der Waals surface area contributed by atoms with Crippen molar-refractivity contribution in [2.24, 2.45) is 0 Å². The first-order valence-corrected chi connectivity index (χ1v) is 7.83. The summed E-state index contributed by atoms with van der Waals surface area (Å²) in [4.78, 5) is 35.3. The molecule has 120 valence electrons. The van der Waals surface area contributed by atoms with E-state index in [0.717, 1.165) is 31.7 Å². The number of rotatable bonds is 3. The van der Waals surface area contributed by atoms with Gasteiger partial charge in [-0.05, 0) is 43.4 Å². The maximum Gasteiger partial charge on any atom is 0.433 e. The molecule has 0 bridgehead atoms. The Morgan fingerprint density at radius 1 is 1.17 bits per heavy atom. The highest BCUT2D eigenvalue weighted by molar-refractivity contribution is 7.14. The fourth-order valence-corrected chi connectivity index (χ4v) is 3.54. The highest BCUT2D eigenvalue weighted by Gasteiger charge is 2.20. The molecule has 0 fully saturated rings. The van der Waals surface area contributed by atoms with Gasteiger partial charge in [-0.2, -0.15) is 0 Å². The van der Waals surface area contributed by atoms with E-state index in [1.54, 1.807) is 0 Å². The normalized spacial score (nSPS) is 13.2. The molecule has 23 heavy (non-hydrogen) atoms. The number of hydrogen-bond donors (Lipinski definition) is 2. The van der Waals surface area contributed by atoms with Gasteiger partial charge in [0.25, 0.3) is 5.91 Å². The van der Waals surface area contributed by atoms with Crippen LogP contribution in [0.3, 0.4) is 0 Å². The third kappa shape index (κ3) is 3.24. The largest absolute Gasteiger partial charge is 0.433 e. The van der Waals surface area contributed by atoms with Crippen LogP contribution in [0.5, 0.6) is 0 Å². The van der Waals surface area contributed by atoms with Crippen LogP contribution >= 0.6 is 11.3 Å². The summed E-state index contributed by atoms with van der Waals surface area (Å²) >= 11 is 1.42. The quantitative estimate of drug-likeness (QED) is 0.659. The molecule has 1 aliphatic rings. The second-order valence-corrected chi connectivity index (χ2v) is 6.21. The summed E-state index contributed by atoms with van der Waals surface area (Å²) in [5.41, 5.74) is 5.66. The Labute approximate surface area is 134 Å². The molecule has 2 heterocycles. The molecule has 0 saturated heterocycles. The minimum absolute atomic E-state index is 0.248. The Morgan fingerprint density at radius 2 is 1.91 bits per heavy atom. The smallest absolute Gasteiger partial charge is 0.395 e. The second-order valence-electron chi connectivity index (χ2n) is 5.07. The van der Waals surface area contributed by atoms with E-state index in [1.807, 2.05) is 6.07 Å². The number of thiophene rings is 1. The maximum atomic E-state index is 12.1. The van der Waals surface area contributed by atoms with E-state index in [2.05, 4.69) is 10.9 Å². The average Bonchev–Trinajstić information content (AvgIpc) is 3.18. The highest BCUT2D eigenvalue weighted by atomic mass is 32.1. The molecule has 9 heteroatoms. The van der Waals surface area contributed by atoms with Gasteiger partial charge in [0.05, 0.1) is 10.9 Å². The summed E-state index contributed by atoms with van der Waals surface area (Å²) < 4.78 is 4.75. The molecule has 1 aliphatic carbocycles. The van der Waals surface area contributed by atoms with E-state index in [0.29, 0.717) is 4.88 Å². The molecule has 0 spiro atoms. The van der Waals surface area contributed by atoms with Crippen LogP contribution < -0.4 is 10.9 Å². The van der Waals surface area contributed by atoms with E-state index in [4.69, 9.17) is 4.42 Å². The summed E-state index contributed by atoms with van der Waals surface area (Å²) in [5, 5.41) is 10.5. The van der Waals surface area contributed by atoms with Gasteiger partial charge in [-0.25, -0.2) is 0 Å². The standard InChI is InChI=1S/C14H13N3O5S/c18-13(9-5-6-12(22-9)17(20)21)15-16-14(19)11-7-8-3-1-2-4-10(8)23-11/h5-7H,1-4H2,(H,15,18)(H,16,19). The molecular formula is C14H13N3O5S. The van der Waals surface area contributed by atoms with E-state index in [-0.39, 0.29) is 5.76 Å². The number of nitro groups is 1. The van der Waals surface area contributed by atoms with E-state index in [1.165, 1.54) is 27.8 Å². The van der Waals surface area contributed by atoms with Gasteiger partial charge in [0.15, 0.2) is 0 Å². The van der Waals surface area contributed by atoms with Crippen molar-refractivity contribution in [3.05, 3.63) is 49.4 Å². The summed E-state index contributed by atoms with van der Waals surface area (Å²) in [6.07, 6.45) is 4.21. The summed E-state index contributed by atoms with van der Waals surface area (Å²) in [7, 11) is 0. The predicted octanol–water partition coefficient (Wildman–Crippen LogP) is 2.20. The molecule has 2 N–H and O–H groups in total. The van der Waals surface area contributed by atoms with Crippen LogP contribution in [0.1, 0.15) is 43.5 Å². The molecule has 0 saturated carbocycles. The molecule has 2 amide bonds. The van der Waals surface area contributed by atoms with Gasteiger partial charge < -0.3 is 4.42 Å². The number of amides is 2. The zero-order valence-corrected chi connectivity index (χ0v) is 12.8. The molecule has 8 nitrogen and oxygen atoms in total. The minimum atomic E-state index is -0.757. The highest BCUT2D eigenvalue weighted by Crippen LogP contribution is 2.29. The predicted molar refractivity (Wildman–Crippen MR) is 81.3 cm³/mol. The summed E-state index contributed by atoms with van der Waals surface area (Å²) in [6.45, 7) is 0. The molecule has 0 unspecified atom stereocenters. The molecule has 2 aromatic rings. The van der Waals surface area contributed by atoms with Crippen molar-refractivity contribution in [3.63, 3.8) is 0 Å². The van der Waals surface area contributed by atoms with E-state index < -0.39 is 22.6 Å². The number of aryl methyl sites for hydroxylation is 2. The average molecular weight is 335 g/mol. The molecule has 0 aliphatic heterocycles. The van der Waals surface area contributed by atoms with Gasteiger partial charge in [0, 0.05) is 4.88 Å². The van der Waals surface area contributed by atoms with Gasteiger partial charge in [-0.15, -0.1) is 11.3 Å². The van der Waals surface area contributed by atoms with Crippen LogP contribution in [-0.2, 0) is 12.8 Å². The molecule has 0 atom stereocenters. The molecule has 2 aromatic heterocycles. The number of nitrogens with zero attached hydrogens (tertiary/aromatic N) is 1. The molecular weight excluding hydrogens is 322 g/mol. The monoisotopic (exact) mass is 335 g/mol. The summed E-state index contributed by atoms with van der Waals surface area (Å²) in [5.74, 6) is -1.96. The van der Waals surface area contributed by atoms with Crippen LogP contribution in [0.25, 0.3) is 0 Å². The van der Waals surface area contributed by atoms with Gasteiger partial charge >= 0.3 is 11.8 Å². The van der Waals surface area contributed by atoms with Crippen LogP contribution in [0.4, 0.5) is 5.88 Å². The van der Waals surface area contributed by atoms with Crippen molar-refractivity contribution in [3.8, 4) is 0 Å². The zero-order valence-electron chi connectivity index (χ0n) is 12.0. The third-order valence-electron chi connectivity index (χ3n) is 3.51. The van der Waals surface area contributed by atoms with Crippen molar-refractivity contribution in [2.45, 2.75) is 25.7 Å². The van der Waals surface area contributed by atoms with Crippen LogP contribution in [-0.4, -0.2) is 16.7 Å². The maximum absolute atomic E-state index is 12.1. The lowest BCUT2D eigenvalue weighted by Crippen LogP contribution is -2.41. The fourth-order valence-electron chi connectivity index (χ4n) is 2.39. The van der Waals surface area contributed by atoms with Crippen molar-refractivity contribution < 1.29 is 18.9 Å². The third-order valence-corrected chi connectivity index (χ3v) is 4.74. The zero-order chi connectivity index (χ0) is 16.4. The Hall–Kier alpha value is -2.68. The van der Waals surface area contributed by atoms with E-state index >= 15 is 0 Å². The SMILES string of the molecule is O=C(NNC(=O)c1cc2c(s1)CCCC2)c1ccc([N+](=O)[O-])o1. The number of hydrazine groups is 1. The van der Waals surface area contributed by atoms with Crippen molar-refractivity contribution >= 4 is 29.0 Å². The summed E-state index contributed by atoms with van der Waals surface area (Å²) in [6, 6.07) is 4.09. The topological polar surface area (TPSA) is 114 Å². The Bertz CT molecular complexity index is 756. The van der Waals surface area contributed by atoms with Gasteiger partial charge in [0.1, 0.15) is 4.92 Å². The van der Waals surface area contributed by atoms with Crippen molar-refractivity contribution in [1.82, 2.24) is 10.9 Å². The molecule has 0 aromatic carbocycles. The Kier molecular flexibility index (Phi) is 4.11. The lowest BCUT2D eigenvalue weighted by molar-refractivity contribution is -0.402. The molecule has 3 rings (SSSR count). The fraction of sp³-hybridized carbons (Fsp3) is 0.286. The Balaban J connectivity index is 1.60. The van der Waals surface area contributed by atoms with Crippen molar-refractivity contribution in [2.75, 3.05) is 0 Å². The first kappa shape index (κ1) is 15.2. The number of hydrogen-bond acceptors (Lipinski definition) is 6. The Morgan fingerprint density at radius 3 is 2.61 bits per heavy atom. The first-order valence-electron chi connectivity index (χ1n) is 7.01. The number of fused-ring (bicyclic) bond motifs is 1. The van der Waals surface area contributed by atoms with Crippen molar-refractivity contribution in [1.29, 1.82) is 0 Å². The van der Waals surface area contributed by atoms with E-state index in [9.17, 15) is 19.7 Å². The van der Waals surface area contributed by atoms with Crippen LogP contribution in [0, 0.1) is 10.1 Å². The second kappa shape index (κ2) is 6.21. The van der Waals surface area contributed by atoms with Gasteiger partial charge in [-0.1, -0.05) is 0 Å². The molecule has 0 radical (unpaired) electrons. The van der Waals surface area contributed by atoms with Crippen LogP contribution in [0.2, 0.25) is 0 Å². The van der Waals surface area contributed by atoms with Crippen LogP contribution in [0.15, 0.2) is 22.6 Å². The number of carbonyl (C=O) groups is 2. The number of carbonyl (C=O) groups excluding carboxylic acids is 2. The lowest BCUT2D eigenvalue weighted by atomic mass is 9.99. The lowest BCUT2D eigenvalue weighted by Gasteiger charge is -2.08. The number of nitrogens with one attached hydrogen (secondary N) is 2. The minimum Gasteiger partial charge on any atom is -0.395 e. The van der Waals surface area contributed by atoms with Gasteiger partial charge in [0.2, 0.25) is 5.76 Å². The number of furan rings is 1. The van der Waals surface area contributed by atoms with Gasteiger partial charge in [-0.3, -0.25) is 30.6 Å².